The first kappa shape index (κ1) is 16.2. The minimum absolute atomic E-state index is 0.397. The van der Waals surface area contributed by atoms with E-state index in [9.17, 15) is 0 Å². The van der Waals surface area contributed by atoms with Crippen LogP contribution < -0.4 is 4.90 Å². The maximum absolute atomic E-state index is 6.00. The Morgan fingerprint density at radius 3 is 2.72 bits per heavy atom. The van der Waals surface area contributed by atoms with Crippen molar-refractivity contribution in [2.24, 2.45) is 0 Å². The lowest BCUT2D eigenvalue weighted by Crippen LogP contribution is -2.19. The van der Waals surface area contributed by atoms with Crippen molar-refractivity contribution in [3.8, 4) is 0 Å². The van der Waals surface area contributed by atoms with Gasteiger partial charge in [-0.25, -0.2) is 4.98 Å². The third kappa shape index (κ3) is 3.40. The molecule has 25 heavy (non-hydrogen) atoms. The van der Waals surface area contributed by atoms with Crippen LogP contribution in [0, 0.1) is 6.92 Å². The van der Waals surface area contributed by atoms with E-state index in [1.54, 1.807) is 0 Å². The Kier molecular flexibility index (Phi) is 4.22. The van der Waals surface area contributed by atoms with Crippen LogP contribution in [0.4, 0.5) is 5.69 Å². The quantitative estimate of drug-likeness (QED) is 0.715. The number of nitrogens with zero attached hydrogens (tertiary/aromatic N) is 3. The van der Waals surface area contributed by atoms with E-state index in [0.29, 0.717) is 5.92 Å². The smallest absolute Gasteiger partial charge is 0.199 e. The molecule has 0 aliphatic carbocycles. The maximum atomic E-state index is 6.00. The summed E-state index contributed by atoms with van der Waals surface area (Å²) >= 11 is 0. The second-order valence-corrected chi connectivity index (χ2v) is 7.30. The average Bonchev–Trinajstić information content (AvgIpc) is 3.21. The SMILES string of the molecule is Cc1ccc2oc([C@@H]3CCN(Cc4ccc(N(C)C)cc4)C3)nc2c1. The van der Waals surface area contributed by atoms with Crippen molar-refractivity contribution in [1.82, 2.24) is 9.88 Å². The van der Waals surface area contributed by atoms with Gasteiger partial charge >= 0.3 is 0 Å². The topological polar surface area (TPSA) is 32.5 Å². The third-order valence-electron chi connectivity index (χ3n) is 5.04. The van der Waals surface area contributed by atoms with Crippen LogP contribution in [0.15, 0.2) is 46.9 Å². The highest BCUT2D eigenvalue weighted by Gasteiger charge is 2.27. The molecule has 0 spiro atoms. The first-order chi connectivity index (χ1) is 12.1. The van der Waals surface area contributed by atoms with Crippen LogP contribution in [-0.2, 0) is 6.54 Å². The molecule has 4 rings (SSSR count). The van der Waals surface area contributed by atoms with Gasteiger partial charge in [0.1, 0.15) is 5.52 Å². The first-order valence-electron chi connectivity index (χ1n) is 8.94. The zero-order valence-corrected chi connectivity index (χ0v) is 15.2. The van der Waals surface area contributed by atoms with Crippen molar-refractivity contribution in [1.29, 1.82) is 0 Å². The molecule has 1 fully saturated rings. The van der Waals surface area contributed by atoms with Gasteiger partial charge in [-0.05, 0) is 55.3 Å². The van der Waals surface area contributed by atoms with E-state index in [1.165, 1.54) is 16.8 Å². The van der Waals surface area contributed by atoms with E-state index in [2.05, 4.69) is 67.2 Å². The number of aryl methyl sites for hydroxylation is 1. The minimum Gasteiger partial charge on any atom is -0.440 e. The third-order valence-corrected chi connectivity index (χ3v) is 5.04. The van der Waals surface area contributed by atoms with Gasteiger partial charge in [0.05, 0.1) is 0 Å². The Bertz CT molecular complexity index is 866. The summed E-state index contributed by atoms with van der Waals surface area (Å²) in [5.74, 6) is 1.29. The number of likely N-dealkylation sites (tertiary alicyclic amines) is 1. The Morgan fingerprint density at radius 1 is 1.16 bits per heavy atom. The standard InChI is InChI=1S/C21H25N3O/c1-15-4-9-20-19(12-15)22-21(25-20)17-10-11-24(14-17)13-16-5-7-18(8-6-16)23(2)3/h4-9,12,17H,10-11,13-14H2,1-3H3/t17-/m1/s1. The van der Waals surface area contributed by atoms with Crippen LogP contribution in [0.3, 0.4) is 0 Å². The van der Waals surface area contributed by atoms with Crippen LogP contribution in [0.1, 0.15) is 29.4 Å². The first-order valence-corrected chi connectivity index (χ1v) is 8.94. The molecule has 0 amide bonds. The fraction of sp³-hybridized carbons (Fsp3) is 0.381. The van der Waals surface area contributed by atoms with Crippen LogP contribution in [-0.4, -0.2) is 37.1 Å². The van der Waals surface area contributed by atoms with Gasteiger partial charge in [0.2, 0.25) is 0 Å². The van der Waals surface area contributed by atoms with Gasteiger partial charge in [0.15, 0.2) is 11.5 Å². The highest BCUT2D eigenvalue weighted by atomic mass is 16.3. The van der Waals surface area contributed by atoms with E-state index in [0.717, 1.165) is 43.0 Å². The van der Waals surface area contributed by atoms with Gasteiger partial charge in [-0.3, -0.25) is 4.90 Å². The zero-order valence-electron chi connectivity index (χ0n) is 15.2. The highest BCUT2D eigenvalue weighted by molar-refractivity contribution is 5.73. The van der Waals surface area contributed by atoms with Gasteiger partial charge in [0, 0.05) is 38.8 Å². The summed E-state index contributed by atoms with van der Waals surface area (Å²) < 4.78 is 6.00. The number of aromatic nitrogens is 1. The number of hydrogen-bond acceptors (Lipinski definition) is 4. The van der Waals surface area contributed by atoms with Gasteiger partial charge in [-0.15, -0.1) is 0 Å². The molecule has 1 aliphatic rings. The largest absolute Gasteiger partial charge is 0.440 e. The fourth-order valence-electron chi connectivity index (χ4n) is 3.57. The Morgan fingerprint density at radius 2 is 1.96 bits per heavy atom. The summed E-state index contributed by atoms with van der Waals surface area (Å²) in [6.07, 6.45) is 1.11. The second-order valence-electron chi connectivity index (χ2n) is 7.30. The van der Waals surface area contributed by atoms with E-state index >= 15 is 0 Å². The number of rotatable bonds is 4. The molecule has 1 aliphatic heterocycles. The van der Waals surface area contributed by atoms with Gasteiger partial charge in [-0.1, -0.05) is 18.2 Å². The molecule has 1 saturated heterocycles. The summed E-state index contributed by atoms with van der Waals surface area (Å²) in [6, 6.07) is 15.0. The lowest BCUT2D eigenvalue weighted by atomic mass is 10.1. The molecular weight excluding hydrogens is 310 g/mol. The molecule has 1 aromatic heterocycles. The molecule has 0 saturated carbocycles. The van der Waals surface area contributed by atoms with Crippen molar-refractivity contribution in [2.75, 3.05) is 32.1 Å². The fourth-order valence-corrected chi connectivity index (χ4v) is 3.57. The Hall–Kier alpha value is -2.33. The summed E-state index contributed by atoms with van der Waals surface area (Å²) in [4.78, 5) is 9.35. The number of anilines is 1. The lowest BCUT2D eigenvalue weighted by molar-refractivity contribution is 0.321. The Balaban J connectivity index is 1.43. The molecule has 1 atom stereocenters. The predicted molar refractivity (Wildman–Crippen MR) is 102 cm³/mol. The molecule has 4 nitrogen and oxygen atoms in total. The monoisotopic (exact) mass is 335 g/mol. The van der Waals surface area contributed by atoms with Crippen LogP contribution in [0.5, 0.6) is 0 Å². The maximum Gasteiger partial charge on any atom is 0.199 e. The summed E-state index contributed by atoms with van der Waals surface area (Å²) in [5, 5.41) is 0. The van der Waals surface area contributed by atoms with Crippen molar-refractivity contribution in [3.05, 3.63) is 59.5 Å². The number of hydrogen-bond donors (Lipinski definition) is 0. The molecule has 2 aromatic carbocycles. The van der Waals surface area contributed by atoms with E-state index < -0.39 is 0 Å². The zero-order chi connectivity index (χ0) is 17.4. The summed E-state index contributed by atoms with van der Waals surface area (Å²) in [6.45, 7) is 5.19. The number of oxazole rings is 1. The molecule has 130 valence electrons. The molecular formula is C21H25N3O. The normalized spacial score (nSPS) is 18.1. The van der Waals surface area contributed by atoms with Gasteiger partial charge in [0.25, 0.3) is 0 Å². The summed E-state index contributed by atoms with van der Waals surface area (Å²) in [5.41, 5.74) is 5.71. The minimum atomic E-state index is 0.397. The number of fused-ring (bicyclic) bond motifs is 1. The van der Waals surface area contributed by atoms with Gasteiger partial charge in [-0.2, -0.15) is 0 Å². The molecule has 0 N–H and O–H groups in total. The molecule has 2 heterocycles. The van der Waals surface area contributed by atoms with Crippen molar-refractivity contribution in [3.63, 3.8) is 0 Å². The lowest BCUT2D eigenvalue weighted by Gasteiger charge is -2.17. The molecule has 0 radical (unpaired) electrons. The van der Waals surface area contributed by atoms with Crippen LogP contribution in [0.2, 0.25) is 0 Å². The van der Waals surface area contributed by atoms with Crippen molar-refractivity contribution in [2.45, 2.75) is 25.8 Å². The molecule has 0 bridgehead atoms. The Labute approximate surface area is 149 Å². The number of benzene rings is 2. The van der Waals surface area contributed by atoms with E-state index in [4.69, 9.17) is 9.40 Å². The predicted octanol–water partition coefficient (Wildman–Crippen LogP) is 4.19. The van der Waals surface area contributed by atoms with Crippen LogP contribution in [0.25, 0.3) is 11.1 Å². The van der Waals surface area contributed by atoms with E-state index in [-0.39, 0.29) is 0 Å². The van der Waals surface area contributed by atoms with Crippen molar-refractivity contribution < 1.29 is 4.42 Å². The second kappa shape index (κ2) is 6.52. The average molecular weight is 335 g/mol. The van der Waals surface area contributed by atoms with E-state index in [1.807, 2.05) is 6.07 Å². The van der Waals surface area contributed by atoms with Crippen molar-refractivity contribution >= 4 is 16.8 Å². The highest BCUT2D eigenvalue weighted by Crippen LogP contribution is 2.30. The summed E-state index contributed by atoms with van der Waals surface area (Å²) in [7, 11) is 4.14. The molecule has 3 aromatic rings. The van der Waals surface area contributed by atoms with Crippen LogP contribution >= 0.6 is 0 Å². The molecule has 0 unspecified atom stereocenters. The van der Waals surface area contributed by atoms with Gasteiger partial charge < -0.3 is 9.32 Å². The molecule has 4 heteroatoms.